The fraction of sp³-hybridized carbons (Fsp3) is 1.00. The van der Waals surface area contributed by atoms with Crippen molar-refractivity contribution in [1.82, 2.24) is 0 Å². The van der Waals surface area contributed by atoms with Crippen LogP contribution in [0.4, 0.5) is 0 Å². The lowest BCUT2D eigenvalue weighted by Gasteiger charge is -2.29. The van der Waals surface area contributed by atoms with Gasteiger partial charge in [-0.2, -0.15) is 0 Å². The third kappa shape index (κ3) is 1.68. The number of aliphatic hydroxyl groups is 2. The second-order valence-corrected chi connectivity index (χ2v) is 2.76. The molecule has 1 aliphatic rings. The van der Waals surface area contributed by atoms with Gasteiger partial charge in [-0.3, -0.25) is 0 Å². The molecule has 0 aromatic rings. The van der Waals surface area contributed by atoms with E-state index in [1.165, 1.54) is 0 Å². The van der Waals surface area contributed by atoms with Crippen molar-refractivity contribution in [2.75, 3.05) is 6.61 Å². The van der Waals surface area contributed by atoms with Crippen molar-refractivity contribution in [1.29, 1.82) is 0 Å². The van der Waals surface area contributed by atoms with Crippen molar-refractivity contribution >= 4 is 0 Å². The third-order valence-electron chi connectivity index (χ3n) is 2.01. The highest BCUT2D eigenvalue weighted by Gasteiger charge is 2.26. The van der Waals surface area contributed by atoms with Gasteiger partial charge in [0.05, 0.1) is 12.7 Å². The summed E-state index contributed by atoms with van der Waals surface area (Å²) in [5, 5.41) is 18.2. The standard InChI is InChI=1S/C7H14O3/c1-2-5-4-10-7(9)3-6(5)8/h5-9H,2-4H2,1H3/t5-,6+,7?/m1/s1. The first-order chi connectivity index (χ1) is 4.74. The van der Waals surface area contributed by atoms with Crippen molar-refractivity contribution in [3.63, 3.8) is 0 Å². The number of ether oxygens (including phenoxy) is 1. The predicted octanol–water partition coefficient (Wildman–Crippen LogP) is 0.112. The Morgan fingerprint density at radius 3 is 2.70 bits per heavy atom. The largest absolute Gasteiger partial charge is 0.393 e. The van der Waals surface area contributed by atoms with Gasteiger partial charge in [-0.25, -0.2) is 0 Å². The molecule has 3 nitrogen and oxygen atoms in total. The average Bonchev–Trinajstić information content (AvgIpc) is 1.88. The molecule has 1 unspecified atom stereocenters. The average molecular weight is 146 g/mol. The first-order valence-electron chi connectivity index (χ1n) is 3.71. The van der Waals surface area contributed by atoms with Gasteiger partial charge in [0.25, 0.3) is 0 Å². The van der Waals surface area contributed by atoms with E-state index >= 15 is 0 Å². The van der Waals surface area contributed by atoms with Crippen LogP contribution in [-0.2, 0) is 4.74 Å². The molecule has 0 saturated carbocycles. The van der Waals surface area contributed by atoms with Crippen LogP contribution in [0.15, 0.2) is 0 Å². The summed E-state index contributed by atoms with van der Waals surface area (Å²) >= 11 is 0. The highest BCUT2D eigenvalue weighted by Crippen LogP contribution is 2.20. The Morgan fingerprint density at radius 2 is 2.20 bits per heavy atom. The maximum atomic E-state index is 9.30. The van der Waals surface area contributed by atoms with Crippen LogP contribution in [0.25, 0.3) is 0 Å². The topological polar surface area (TPSA) is 49.7 Å². The minimum absolute atomic E-state index is 0.211. The molecule has 3 heteroatoms. The lowest BCUT2D eigenvalue weighted by Crippen LogP contribution is -2.36. The maximum absolute atomic E-state index is 9.30. The van der Waals surface area contributed by atoms with Gasteiger partial charge in [0.1, 0.15) is 0 Å². The summed E-state index contributed by atoms with van der Waals surface area (Å²) in [4.78, 5) is 0. The highest BCUT2D eigenvalue weighted by molar-refractivity contribution is 4.72. The Morgan fingerprint density at radius 1 is 1.50 bits per heavy atom. The van der Waals surface area contributed by atoms with Crippen LogP contribution in [0, 0.1) is 5.92 Å². The Labute approximate surface area is 60.6 Å². The van der Waals surface area contributed by atoms with Crippen molar-refractivity contribution in [2.45, 2.75) is 32.2 Å². The zero-order valence-electron chi connectivity index (χ0n) is 6.16. The predicted molar refractivity (Wildman–Crippen MR) is 36.4 cm³/mol. The third-order valence-corrected chi connectivity index (χ3v) is 2.01. The molecule has 0 bridgehead atoms. The molecule has 2 N–H and O–H groups in total. The van der Waals surface area contributed by atoms with E-state index in [9.17, 15) is 5.11 Å². The number of rotatable bonds is 1. The molecule has 0 aromatic heterocycles. The molecular weight excluding hydrogens is 132 g/mol. The van der Waals surface area contributed by atoms with Crippen LogP contribution in [0.3, 0.4) is 0 Å². The van der Waals surface area contributed by atoms with Crippen molar-refractivity contribution in [3.05, 3.63) is 0 Å². The van der Waals surface area contributed by atoms with E-state index in [-0.39, 0.29) is 12.0 Å². The molecule has 1 heterocycles. The van der Waals surface area contributed by atoms with E-state index in [0.29, 0.717) is 13.0 Å². The van der Waals surface area contributed by atoms with Crippen molar-refractivity contribution in [2.24, 2.45) is 5.92 Å². The minimum Gasteiger partial charge on any atom is -0.393 e. The zero-order chi connectivity index (χ0) is 7.56. The van der Waals surface area contributed by atoms with Gasteiger partial charge in [0.15, 0.2) is 6.29 Å². The summed E-state index contributed by atoms with van der Waals surface area (Å²) in [5.41, 5.74) is 0. The number of hydrogen-bond acceptors (Lipinski definition) is 3. The Hall–Kier alpha value is -0.120. The Bertz CT molecular complexity index is 105. The second-order valence-electron chi connectivity index (χ2n) is 2.76. The summed E-state index contributed by atoms with van der Waals surface area (Å²) in [7, 11) is 0. The van der Waals surface area contributed by atoms with E-state index in [1.54, 1.807) is 0 Å². The number of hydrogen-bond donors (Lipinski definition) is 2. The van der Waals surface area contributed by atoms with Gasteiger partial charge < -0.3 is 14.9 Å². The van der Waals surface area contributed by atoms with Crippen molar-refractivity contribution in [3.8, 4) is 0 Å². The fourth-order valence-corrected chi connectivity index (χ4v) is 1.20. The first-order valence-corrected chi connectivity index (χ1v) is 3.71. The van der Waals surface area contributed by atoms with Crippen LogP contribution < -0.4 is 0 Å². The molecule has 3 atom stereocenters. The molecular formula is C7H14O3. The second kappa shape index (κ2) is 3.32. The summed E-state index contributed by atoms with van der Waals surface area (Å²) < 4.78 is 4.95. The monoisotopic (exact) mass is 146 g/mol. The van der Waals surface area contributed by atoms with E-state index in [1.807, 2.05) is 6.92 Å². The molecule has 10 heavy (non-hydrogen) atoms. The van der Waals surface area contributed by atoms with Crippen LogP contribution in [-0.4, -0.2) is 29.2 Å². The van der Waals surface area contributed by atoms with Gasteiger partial charge in [0.2, 0.25) is 0 Å². The Kier molecular flexibility index (Phi) is 2.65. The van der Waals surface area contributed by atoms with Crippen LogP contribution >= 0.6 is 0 Å². The molecule has 1 aliphatic heterocycles. The van der Waals surface area contributed by atoms with Crippen LogP contribution in [0.5, 0.6) is 0 Å². The summed E-state index contributed by atoms with van der Waals surface area (Å²) in [6.07, 6.45) is 0.137. The van der Waals surface area contributed by atoms with Gasteiger partial charge in [-0.15, -0.1) is 0 Å². The van der Waals surface area contributed by atoms with Gasteiger partial charge >= 0.3 is 0 Å². The summed E-state index contributed by atoms with van der Waals surface area (Å²) in [5.74, 6) is 0.211. The molecule has 0 amide bonds. The van der Waals surface area contributed by atoms with E-state index in [4.69, 9.17) is 9.84 Å². The van der Waals surface area contributed by atoms with Crippen LogP contribution in [0.2, 0.25) is 0 Å². The molecule has 1 saturated heterocycles. The van der Waals surface area contributed by atoms with Crippen LogP contribution in [0.1, 0.15) is 19.8 Å². The molecule has 0 radical (unpaired) electrons. The quantitative estimate of drug-likeness (QED) is 0.552. The van der Waals surface area contributed by atoms with Gasteiger partial charge in [0, 0.05) is 12.3 Å². The summed E-state index contributed by atoms with van der Waals surface area (Å²) in [6, 6.07) is 0. The smallest absolute Gasteiger partial charge is 0.157 e. The highest BCUT2D eigenvalue weighted by atomic mass is 16.6. The first kappa shape index (κ1) is 7.98. The normalized spacial score (nSPS) is 41.7. The van der Waals surface area contributed by atoms with E-state index in [0.717, 1.165) is 6.42 Å². The van der Waals surface area contributed by atoms with Gasteiger partial charge in [-0.05, 0) is 6.42 Å². The van der Waals surface area contributed by atoms with Crippen molar-refractivity contribution < 1.29 is 14.9 Å². The molecule has 0 aliphatic carbocycles. The molecule has 1 rings (SSSR count). The van der Waals surface area contributed by atoms with Gasteiger partial charge in [-0.1, -0.05) is 6.92 Å². The van der Waals surface area contributed by atoms with E-state index in [2.05, 4.69) is 0 Å². The zero-order valence-corrected chi connectivity index (χ0v) is 6.16. The molecule has 0 spiro atoms. The lowest BCUT2D eigenvalue weighted by atomic mass is 9.96. The Balaban J connectivity index is 2.36. The lowest BCUT2D eigenvalue weighted by molar-refractivity contribution is -0.175. The number of aliphatic hydroxyl groups excluding tert-OH is 2. The minimum atomic E-state index is -0.752. The fourth-order valence-electron chi connectivity index (χ4n) is 1.20. The molecule has 60 valence electrons. The van der Waals surface area contributed by atoms with E-state index < -0.39 is 6.29 Å². The summed E-state index contributed by atoms with van der Waals surface area (Å²) in [6.45, 7) is 2.49. The molecule has 0 aromatic carbocycles. The maximum Gasteiger partial charge on any atom is 0.157 e. The SMILES string of the molecule is CC[C@@H]1COC(O)C[C@@H]1O. The molecule has 1 fully saturated rings.